The van der Waals surface area contributed by atoms with E-state index in [4.69, 9.17) is 10.3 Å². The molecule has 0 saturated heterocycles. The fourth-order valence-corrected chi connectivity index (χ4v) is 2.49. The van der Waals surface area contributed by atoms with Gasteiger partial charge in [-0.15, -0.1) is 0 Å². The third-order valence-electron chi connectivity index (χ3n) is 3.80. The highest BCUT2D eigenvalue weighted by Crippen LogP contribution is 2.28. The van der Waals surface area contributed by atoms with Gasteiger partial charge in [0.2, 0.25) is 0 Å². The van der Waals surface area contributed by atoms with E-state index >= 15 is 0 Å². The molecule has 0 bridgehead atoms. The van der Waals surface area contributed by atoms with E-state index in [1.54, 1.807) is 0 Å². The van der Waals surface area contributed by atoms with E-state index in [9.17, 15) is 0 Å². The van der Waals surface area contributed by atoms with Gasteiger partial charge in [-0.25, -0.2) is 0 Å². The molecule has 0 aliphatic rings. The van der Waals surface area contributed by atoms with Gasteiger partial charge in [0.1, 0.15) is 5.75 Å². The highest BCUT2D eigenvalue weighted by Gasteiger charge is 2.06. The van der Waals surface area contributed by atoms with Gasteiger partial charge in [0.15, 0.2) is 0 Å². The maximum Gasteiger partial charge on any atom is 0.119 e. The minimum Gasteiger partial charge on any atom is -0.494 e. The Labute approximate surface area is 137 Å². The Balaban J connectivity index is 2.01. The molecule has 0 atom stereocenters. The second-order valence-electron chi connectivity index (χ2n) is 5.55. The van der Waals surface area contributed by atoms with Crippen LogP contribution in [0.15, 0.2) is 47.6 Å². The summed E-state index contributed by atoms with van der Waals surface area (Å²) in [6.45, 7) is 5.44. The maximum atomic E-state index is 8.22. The summed E-state index contributed by atoms with van der Waals surface area (Å²) in [6, 6.07) is 14.9. The van der Waals surface area contributed by atoms with Gasteiger partial charge in [0, 0.05) is 11.5 Å². The van der Waals surface area contributed by atoms with E-state index in [2.05, 4.69) is 60.3 Å². The van der Waals surface area contributed by atoms with E-state index in [-0.39, 0.29) is 0 Å². The van der Waals surface area contributed by atoms with Gasteiger partial charge in [0.05, 0.1) is 6.61 Å². The van der Waals surface area contributed by atoms with Crippen LogP contribution in [0.3, 0.4) is 0 Å². The average molecular weight is 309 g/mol. The van der Waals surface area contributed by atoms with E-state index in [1.807, 2.05) is 6.07 Å². The van der Waals surface area contributed by atoms with Crippen LogP contribution in [0, 0.1) is 6.92 Å². The number of hydrogen-bond acceptors (Lipinski definition) is 2. The Kier molecular flexibility index (Phi) is 6.52. The first kappa shape index (κ1) is 16.9. The molecule has 0 fully saturated rings. The molecule has 4 heteroatoms. The number of unbranched alkanes of at least 4 members (excludes halogenated alkanes) is 1. The van der Waals surface area contributed by atoms with Crippen LogP contribution >= 0.6 is 0 Å². The molecular weight excluding hydrogens is 286 g/mol. The summed E-state index contributed by atoms with van der Waals surface area (Å²) >= 11 is 0. The largest absolute Gasteiger partial charge is 0.494 e. The zero-order valence-corrected chi connectivity index (χ0v) is 13.8. The van der Waals surface area contributed by atoms with Crippen molar-refractivity contribution in [2.24, 2.45) is 5.11 Å². The number of rotatable bonds is 8. The van der Waals surface area contributed by atoms with Crippen molar-refractivity contribution in [3.63, 3.8) is 0 Å². The van der Waals surface area contributed by atoms with Crippen molar-refractivity contribution >= 4 is 0 Å². The lowest BCUT2D eigenvalue weighted by molar-refractivity contribution is 0.307. The summed E-state index contributed by atoms with van der Waals surface area (Å²) in [6.07, 6.45) is 2.71. The molecule has 2 aromatic carbocycles. The molecule has 0 unspecified atom stereocenters. The minimum absolute atomic E-state index is 0.534. The molecule has 0 amide bonds. The second-order valence-corrected chi connectivity index (χ2v) is 5.55. The van der Waals surface area contributed by atoms with Gasteiger partial charge in [-0.2, -0.15) is 0 Å². The first-order valence-corrected chi connectivity index (χ1v) is 8.08. The SMILES string of the molecule is CCc1cc(OCCCCN=[N+]=[N-])ccc1-c1ccc(C)cc1. The van der Waals surface area contributed by atoms with Crippen LogP contribution in [0.2, 0.25) is 0 Å². The molecular formula is C19H23N3O. The number of azide groups is 1. The Morgan fingerprint density at radius 2 is 1.87 bits per heavy atom. The van der Waals surface area contributed by atoms with Crippen molar-refractivity contribution in [1.29, 1.82) is 0 Å². The quantitative estimate of drug-likeness (QED) is 0.267. The molecule has 0 aliphatic carbocycles. The normalized spacial score (nSPS) is 10.2. The molecule has 23 heavy (non-hydrogen) atoms. The first-order chi connectivity index (χ1) is 11.2. The molecule has 0 spiro atoms. The van der Waals surface area contributed by atoms with Crippen LogP contribution in [-0.2, 0) is 6.42 Å². The van der Waals surface area contributed by atoms with E-state index in [0.717, 1.165) is 25.0 Å². The summed E-state index contributed by atoms with van der Waals surface area (Å²) < 4.78 is 5.80. The van der Waals surface area contributed by atoms with Crippen molar-refractivity contribution in [2.75, 3.05) is 13.2 Å². The minimum atomic E-state index is 0.534. The van der Waals surface area contributed by atoms with E-state index in [0.29, 0.717) is 13.2 Å². The molecule has 0 aromatic heterocycles. The molecule has 2 aromatic rings. The standard InChI is InChI=1S/C19H23N3O/c1-3-16-14-18(23-13-5-4-12-21-22-20)10-11-19(16)17-8-6-15(2)7-9-17/h6-11,14H,3-5,12-13H2,1-2H3. The van der Waals surface area contributed by atoms with Crippen molar-refractivity contribution < 1.29 is 4.74 Å². The number of aryl methyl sites for hydroxylation is 2. The number of hydrogen-bond donors (Lipinski definition) is 0. The van der Waals surface area contributed by atoms with Crippen LogP contribution < -0.4 is 4.74 Å². The Morgan fingerprint density at radius 3 is 2.57 bits per heavy atom. The molecule has 0 aliphatic heterocycles. The van der Waals surface area contributed by atoms with Crippen LogP contribution in [0.5, 0.6) is 5.75 Å². The van der Waals surface area contributed by atoms with Gasteiger partial charge < -0.3 is 4.74 Å². The second kappa shape index (κ2) is 8.86. The zero-order chi connectivity index (χ0) is 16.5. The predicted molar refractivity (Wildman–Crippen MR) is 94.7 cm³/mol. The van der Waals surface area contributed by atoms with Gasteiger partial charge in [-0.1, -0.05) is 47.9 Å². The Bertz CT molecular complexity index is 674. The average Bonchev–Trinajstić information content (AvgIpc) is 2.58. The van der Waals surface area contributed by atoms with Gasteiger partial charge in [0.25, 0.3) is 0 Å². The molecule has 4 nitrogen and oxygen atoms in total. The summed E-state index contributed by atoms with van der Waals surface area (Å²) in [5.41, 5.74) is 13.3. The van der Waals surface area contributed by atoms with Gasteiger partial charge in [-0.05, 0) is 60.5 Å². The fraction of sp³-hybridized carbons (Fsp3) is 0.368. The Morgan fingerprint density at radius 1 is 1.09 bits per heavy atom. The third-order valence-corrected chi connectivity index (χ3v) is 3.80. The smallest absolute Gasteiger partial charge is 0.119 e. The topological polar surface area (TPSA) is 58.0 Å². The number of ether oxygens (including phenoxy) is 1. The Hall–Kier alpha value is -2.45. The lowest BCUT2D eigenvalue weighted by Gasteiger charge is -2.12. The molecule has 0 saturated carbocycles. The van der Waals surface area contributed by atoms with Crippen LogP contribution in [-0.4, -0.2) is 13.2 Å². The van der Waals surface area contributed by atoms with Crippen LogP contribution in [0.4, 0.5) is 0 Å². The monoisotopic (exact) mass is 309 g/mol. The lowest BCUT2D eigenvalue weighted by Crippen LogP contribution is -1.99. The highest BCUT2D eigenvalue weighted by atomic mass is 16.5. The summed E-state index contributed by atoms with van der Waals surface area (Å²) in [4.78, 5) is 2.74. The van der Waals surface area contributed by atoms with Crippen molar-refractivity contribution in [3.05, 3.63) is 64.0 Å². The molecule has 0 heterocycles. The van der Waals surface area contributed by atoms with Crippen molar-refractivity contribution in [2.45, 2.75) is 33.1 Å². The van der Waals surface area contributed by atoms with Crippen LogP contribution in [0.25, 0.3) is 21.6 Å². The first-order valence-electron chi connectivity index (χ1n) is 8.08. The summed E-state index contributed by atoms with van der Waals surface area (Å²) in [5.74, 6) is 0.904. The van der Waals surface area contributed by atoms with Gasteiger partial charge >= 0.3 is 0 Å². The highest BCUT2D eigenvalue weighted by molar-refractivity contribution is 5.68. The van der Waals surface area contributed by atoms with E-state index in [1.165, 1.54) is 22.3 Å². The van der Waals surface area contributed by atoms with Gasteiger partial charge in [-0.3, -0.25) is 0 Å². The number of nitrogens with zero attached hydrogens (tertiary/aromatic N) is 3. The molecule has 120 valence electrons. The lowest BCUT2D eigenvalue weighted by atomic mass is 9.97. The van der Waals surface area contributed by atoms with Crippen LogP contribution in [0.1, 0.15) is 30.9 Å². The number of benzene rings is 2. The molecule has 2 rings (SSSR count). The third kappa shape index (κ3) is 5.04. The summed E-state index contributed by atoms with van der Waals surface area (Å²) in [7, 11) is 0. The van der Waals surface area contributed by atoms with E-state index < -0.39 is 0 Å². The van der Waals surface area contributed by atoms with Crippen molar-refractivity contribution in [3.8, 4) is 16.9 Å². The van der Waals surface area contributed by atoms with Crippen molar-refractivity contribution in [1.82, 2.24) is 0 Å². The fourth-order valence-electron chi connectivity index (χ4n) is 2.49. The molecule has 0 N–H and O–H groups in total. The zero-order valence-electron chi connectivity index (χ0n) is 13.8. The predicted octanol–water partition coefficient (Wildman–Crippen LogP) is 5.69. The summed E-state index contributed by atoms with van der Waals surface area (Å²) in [5, 5.41) is 3.52. The molecule has 0 radical (unpaired) electrons. The maximum absolute atomic E-state index is 8.22.